The highest BCUT2D eigenvalue weighted by Gasteiger charge is 2.37. The number of hydrogen-bond acceptors (Lipinski definition) is 3. The molecule has 0 radical (unpaired) electrons. The Morgan fingerprint density at radius 2 is 1.35 bits per heavy atom. The molecule has 1 heterocycles. The molecule has 1 saturated heterocycles. The van der Waals surface area contributed by atoms with Crippen molar-refractivity contribution in [3.63, 3.8) is 0 Å². The second kappa shape index (κ2) is 12.6. The molecule has 3 heteroatoms. The third-order valence-corrected chi connectivity index (χ3v) is 4.04. The molecule has 1 aliphatic rings. The van der Waals surface area contributed by atoms with Crippen LogP contribution in [0.3, 0.4) is 0 Å². The van der Waals surface area contributed by atoms with Gasteiger partial charge >= 0.3 is 0 Å². The molecular formula is C17H34O3. The first-order valence-corrected chi connectivity index (χ1v) is 8.72. The van der Waals surface area contributed by atoms with E-state index >= 15 is 0 Å². The maximum absolute atomic E-state index is 8.80. The van der Waals surface area contributed by atoms with Crippen molar-refractivity contribution in [2.24, 2.45) is 0 Å². The highest BCUT2D eigenvalue weighted by molar-refractivity contribution is 4.83. The van der Waals surface area contributed by atoms with E-state index in [1.165, 1.54) is 64.2 Å². The molecule has 1 aliphatic heterocycles. The van der Waals surface area contributed by atoms with Crippen LogP contribution in [0.25, 0.3) is 0 Å². The average Bonchev–Trinajstić information content (AvgIpc) is 3.22. The van der Waals surface area contributed by atoms with Crippen LogP contribution in [0.15, 0.2) is 0 Å². The number of epoxide rings is 1. The quantitative estimate of drug-likeness (QED) is 0.364. The first-order valence-electron chi connectivity index (χ1n) is 8.72. The zero-order valence-corrected chi connectivity index (χ0v) is 13.3. The summed E-state index contributed by atoms with van der Waals surface area (Å²) in [6.45, 7) is 3.90. The van der Waals surface area contributed by atoms with Crippen LogP contribution in [0.4, 0.5) is 0 Å². The van der Waals surface area contributed by atoms with Crippen LogP contribution in [0, 0.1) is 0 Å². The standard InChI is InChI=1S/C17H34O3/c1-2-3-4-5-6-7-8-9-10-11-12-13-19-15-17-16(14-18)20-17/h16-18H,2-15H2,1H3. The van der Waals surface area contributed by atoms with Crippen molar-refractivity contribution in [1.29, 1.82) is 0 Å². The molecule has 120 valence electrons. The lowest BCUT2D eigenvalue weighted by molar-refractivity contribution is 0.113. The molecule has 0 aromatic carbocycles. The second-order valence-corrected chi connectivity index (χ2v) is 6.01. The van der Waals surface area contributed by atoms with Gasteiger partial charge in [-0.25, -0.2) is 0 Å². The van der Waals surface area contributed by atoms with Gasteiger partial charge < -0.3 is 14.6 Å². The topological polar surface area (TPSA) is 42.0 Å². The van der Waals surface area contributed by atoms with E-state index in [1.54, 1.807) is 0 Å². The molecular weight excluding hydrogens is 252 g/mol. The van der Waals surface area contributed by atoms with Gasteiger partial charge in [0.15, 0.2) is 0 Å². The lowest BCUT2D eigenvalue weighted by Crippen LogP contribution is -2.07. The minimum absolute atomic E-state index is 0.0485. The van der Waals surface area contributed by atoms with Crippen molar-refractivity contribution in [3.05, 3.63) is 0 Å². The Morgan fingerprint density at radius 1 is 0.800 bits per heavy atom. The lowest BCUT2D eigenvalue weighted by atomic mass is 10.1. The molecule has 1 rings (SSSR count). The molecule has 2 atom stereocenters. The third kappa shape index (κ3) is 9.73. The minimum Gasteiger partial charge on any atom is -0.394 e. The van der Waals surface area contributed by atoms with Crippen LogP contribution in [0.2, 0.25) is 0 Å². The Labute approximate surface area is 125 Å². The normalized spacial score (nSPS) is 21.3. The summed E-state index contributed by atoms with van der Waals surface area (Å²) in [5.74, 6) is 0. The molecule has 1 N–H and O–H groups in total. The molecule has 0 amide bonds. The van der Waals surface area contributed by atoms with E-state index < -0.39 is 0 Å². The summed E-state index contributed by atoms with van der Waals surface area (Å²) in [7, 11) is 0. The summed E-state index contributed by atoms with van der Waals surface area (Å²) >= 11 is 0. The second-order valence-electron chi connectivity index (χ2n) is 6.01. The van der Waals surface area contributed by atoms with Gasteiger partial charge in [-0.15, -0.1) is 0 Å². The molecule has 0 saturated carbocycles. The van der Waals surface area contributed by atoms with E-state index in [0.717, 1.165) is 13.0 Å². The van der Waals surface area contributed by atoms with E-state index in [0.29, 0.717) is 6.61 Å². The van der Waals surface area contributed by atoms with Crippen molar-refractivity contribution < 1.29 is 14.6 Å². The fourth-order valence-electron chi connectivity index (χ4n) is 2.55. The van der Waals surface area contributed by atoms with Crippen LogP contribution in [-0.2, 0) is 9.47 Å². The van der Waals surface area contributed by atoms with Gasteiger partial charge in [-0.1, -0.05) is 71.1 Å². The highest BCUT2D eigenvalue weighted by Crippen LogP contribution is 2.21. The van der Waals surface area contributed by atoms with Crippen molar-refractivity contribution in [1.82, 2.24) is 0 Å². The van der Waals surface area contributed by atoms with Gasteiger partial charge in [-0.2, -0.15) is 0 Å². The number of hydrogen-bond donors (Lipinski definition) is 1. The fraction of sp³-hybridized carbons (Fsp3) is 1.00. The molecule has 0 spiro atoms. The Kier molecular flexibility index (Phi) is 11.3. The number of aliphatic hydroxyl groups excluding tert-OH is 1. The Balaban J connectivity index is 1.65. The monoisotopic (exact) mass is 286 g/mol. The Hall–Kier alpha value is -0.120. The van der Waals surface area contributed by atoms with Gasteiger partial charge in [-0.05, 0) is 6.42 Å². The zero-order chi connectivity index (χ0) is 14.5. The predicted molar refractivity (Wildman–Crippen MR) is 83.0 cm³/mol. The van der Waals surface area contributed by atoms with E-state index in [1.807, 2.05) is 0 Å². The molecule has 0 aromatic rings. The van der Waals surface area contributed by atoms with Crippen LogP contribution < -0.4 is 0 Å². The number of aliphatic hydroxyl groups is 1. The Morgan fingerprint density at radius 3 is 1.85 bits per heavy atom. The summed E-state index contributed by atoms with van der Waals surface area (Å²) in [5, 5.41) is 8.80. The molecule has 0 aliphatic carbocycles. The average molecular weight is 286 g/mol. The fourth-order valence-corrected chi connectivity index (χ4v) is 2.55. The summed E-state index contributed by atoms with van der Waals surface area (Å²) in [6.07, 6.45) is 15.2. The highest BCUT2D eigenvalue weighted by atomic mass is 16.6. The largest absolute Gasteiger partial charge is 0.394 e. The first-order chi connectivity index (χ1) is 9.88. The summed E-state index contributed by atoms with van der Waals surface area (Å²) in [6, 6.07) is 0. The molecule has 1 fully saturated rings. The number of rotatable bonds is 15. The van der Waals surface area contributed by atoms with Gasteiger partial charge in [0, 0.05) is 6.61 Å². The molecule has 20 heavy (non-hydrogen) atoms. The van der Waals surface area contributed by atoms with Crippen molar-refractivity contribution in [3.8, 4) is 0 Å². The van der Waals surface area contributed by atoms with Gasteiger partial charge in [0.25, 0.3) is 0 Å². The van der Waals surface area contributed by atoms with E-state index in [4.69, 9.17) is 14.6 Å². The first kappa shape index (κ1) is 17.9. The molecule has 2 unspecified atom stereocenters. The summed E-state index contributed by atoms with van der Waals surface area (Å²) in [4.78, 5) is 0. The Bertz CT molecular complexity index is 208. The molecule has 0 bridgehead atoms. The molecule has 3 nitrogen and oxygen atoms in total. The molecule has 0 aromatic heterocycles. The van der Waals surface area contributed by atoms with E-state index in [9.17, 15) is 0 Å². The predicted octanol–water partition coefficient (Wildman–Crippen LogP) is 4.07. The van der Waals surface area contributed by atoms with Gasteiger partial charge in [0.1, 0.15) is 12.2 Å². The van der Waals surface area contributed by atoms with Crippen molar-refractivity contribution in [2.75, 3.05) is 19.8 Å². The lowest BCUT2D eigenvalue weighted by Gasteiger charge is -2.03. The van der Waals surface area contributed by atoms with Gasteiger partial charge in [0.2, 0.25) is 0 Å². The third-order valence-electron chi connectivity index (χ3n) is 4.04. The van der Waals surface area contributed by atoms with Crippen LogP contribution in [0.5, 0.6) is 0 Å². The van der Waals surface area contributed by atoms with Gasteiger partial charge in [0.05, 0.1) is 13.2 Å². The number of ether oxygens (including phenoxy) is 2. The number of unbranched alkanes of at least 4 members (excludes halogenated alkanes) is 10. The van der Waals surface area contributed by atoms with Crippen molar-refractivity contribution >= 4 is 0 Å². The van der Waals surface area contributed by atoms with E-state index in [2.05, 4.69) is 6.92 Å². The minimum atomic E-state index is 0.0485. The van der Waals surface area contributed by atoms with Crippen LogP contribution >= 0.6 is 0 Å². The van der Waals surface area contributed by atoms with Crippen LogP contribution in [-0.4, -0.2) is 37.1 Å². The maximum atomic E-state index is 8.80. The summed E-state index contributed by atoms with van der Waals surface area (Å²) in [5.41, 5.74) is 0. The SMILES string of the molecule is CCCCCCCCCCCCCOCC1OC1CO. The van der Waals surface area contributed by atoms with Gasteiger partial charge in [-0.3, -0.25) is 0 Å². The van der Waals surface area contributed by atoms with Crippen molar-refractivity contribution in [2.45, 2.75) is 89.8 Å². The smallest absolute Gasteiger partial charge is 0.110 e. The maximum Gasteiger partial charge on any atom is 0.110 e. The zero-order valence-electron chi connectivity index (χ0n) is 13.3. The van der Waals surface area contributed by atoms with Crippen LogP contribution in [0.1, 0.15) is 77.6 Å². The van der Waals surface area contributed by atoms with E-state index in [-0.39, 0.29) is 18.8 Å². The summed E-state index contributed by atoms with van der Waals surface area (Å²) < 4.78 is 10.7.